The molecule has 1 aliphatic carbocycles. The van der Waals surface area contributed by atoms with E-state index < -0.39 is 0 Å². The second-order valence-electron chi connectivity index (χ2n) is 6.31. The quantitative estimate of drug-likeness (QED) is 0.888. The lowest BCUT2D eigenvalue weighted by molar-refractivity contribution is 0.0938. The number of carbonyl (C=O) groups excluding carboxylic acids is 1. The number of carbonyl (C=O) groups is 1. The molecule has 23 heavy (non-hydrogen) atoms. The monoisotopic (exact) mass is 313 g/mol. The van der Waals surface area contributed by atoms with E-state index >= 15 is 0 Å². The average Bonchev–Trinajstić information content (AvgIpc) is 3.06. The highest BCUT2D eigenvalue weighted by atomic mass is 16.1. The average molecular weight is 313 g/mol. The van der Waals surface area contributed by atoms with Crippen LogP contribution in [0.4, 0.5) is 0 Å². The summed E-state index contributed by atoms with van der Waals surface area (Å²) in [6, 6.07) is -0.00620. The lowest BCUT2D eigenvalue weighted by atomic mass is 9.85. The number of hydrogen-bond donors (Lipinski definition) is 2. The first kappa shape index (κ1) is 15.6. The molecule has 2 aromatic rings. The second kappa shape index (κ2) is 7.35. The minimum absolute atomic E-state index is 0.00620. The van der Waals surface area contributed by atoms with E-state index in [9.17, 15) is 4.79 Å². The smallest absolute Gasteiger partial charge is 0.254 e. The summed E-state index contributed by atoms with van der Waals surface area (Å²) in [5.41, 5.74) is 2.55. The van der Waals surface area contributed by atoms with E-state index in [-0.39, 0.29) is 11.9 Å². The standard InChI is InChI=1S/C17H23N5O/c1-12(9-14-10-18-7-8-19-14)21-17(23)15-11-20-22-16(15)13-5-3-2-4-6-13/h7-8,10-13H,2-6,9H2,1H3,(H,20,22)(H,21,23). The molecule has 6 nitrogen and oxygen atoms in total. The van der Waals surface area contributed by atoms with Gasteiger partial charge in [0.25, 0.3) is 5.91 Å². The maximum Gasteiger partial charge on any atom is 0.254 e. The lowest BCUT2D eigenvalue weighted by Crippen LogP contribution is -2.34. The third-order valence-electron chi connectivity index (χ3n) is 4.44. The van der Waals surface area contributed by atoms with E-state index in [0.29, 0.717) is 17.9 Å². The summed E-state index contributed by atoms with van der Waals surface area (Å²) in [7, 11) is 0. The van der Waals surface area contributed by atoms with Crippen molar-refractivity contribution >= 4 is 5.91 Å². The number of aromatic nitrogens is 4. The number of H-pyrrole nitrogens is 1. The summed E-state index contributed by atoms with van der Waals surface area (Å²) in [4.78, 5) is 20.9. The zero-order valence-electron chi connectivity index (χ0n) is 13.5. The van der Waals surface area contributed by atoms with Gasteiger partial charge in [0, 0.05) is 37.0 Å². The molecule has 1 fully saturated rings. The topological polar surface area (TPSA) is 83.6 Å². The fourth-order valence-electron chi connectivity index (χ4n) is 3.28. The molecular formula is C17H23N5O. The Balaban J connectivity index is 1.63. The maximum atomic E-state index is 12.6. The molecule has 0 aromatic carbocycles. The van der Waals surface area contributed by atoms with Crippen LogP contribution in [-0.4, -0.2) is 32.1 Å². The fraction of sp³-hybridized carbons (Fsp3) is 0.529. The van der Waals surface area contributed by atoms with Crippen LogP contribution in [-0.2, 0) is 6.42 Å². The summed E-state index contributed by atoms with van der Waals surface area (Å²) >= 11 is 0. The van der Waals surface area contributed by atoms with Crippen LogP contribution in [0.15, 0.2) is 24.8 Å². The van der Waals surface area contributed by atoms with Crippen molar-refractivity contribution in [2.45, 2.75) is 57.4 Å². The highest BCUT2D eigenvalue weighted by Gasteiger charge is 2.24. The number of amides is 1. The Hall–Kier alpha value is -2.24. The van der Waals surface area contributed by atoms with Crippen LogP contribution in [0.1, 0.15) is 66.7 Å². The number of nitrogens with one attached hydrogen (secondary N) is 2. The van der Waals surface area contributed by atoms with E-state index in [1.165, 1.54) is 19.3 Å². The Kier molecular flexibility index (Phi) is 5.00. The number of rotatable bonds is 5. The molecule has 3 rings (SSSR count). The van der Waals surface area contributed by atoms with Gasteiger partial charge in [-0.1, -0.05) is 19.3 Å². The fourth-order valence-corrected chi connectivity index (χ4v) is 3.28. The van der Waals surface area contributed by atoms with Crippen LogP contribution >= 0.6 is 0 Å². The molecule has 6 heteroatoms. The summed E-state index contributed by atoms with van der Waals surface area (Å²) in [6.07, 6.45) is 13.4. The molecule has 1 unspecified atom stereocenters. The lowest BCUT2D eigenvalue weighted by Gasteiger charge is -2.21. The van der Waals surface area contributed by atoms with Gasteiger partial charge < -0.3 is 5.32 Å². The molecular weight excluding hydrogens is 290 g/mol. The molecule has 0 saturated heterocycles. The van der Waals surface area contributed by atoms with Crippen molar-refractivity contribution in [3.63, 3.8) is 0 Å². The Morgan fingerprint density at radius 1 is 1.30 bits per heavy atom. The van der Waals surface area contributed by atoms with E-state index in [1.54, 1.807) is 24.8 Å². The maximum absolute atomic E-state index is 12.6. The zero-order valence-corrected chi connectivity index (χ0v) is 13.5. The Morgan fingerprint density at radius 3 is 2.87 bits per heavy atom. The van der Waals surface area contributed by atoms with Gasteiger partial charge in [0.1, 0.15) is 0 Å². The number of aromatic amines is 1. The molecule has 1 amide bonds. The van der Waals surface area contributed by atoms with E-state index in [4.69, 9.17) is 0 Å². The Labute approximate surface area is 136 Å². The number of hydrogen-bond acceptors (Lipinski definition) is 4. The summed E-state index contributed by atoms with van der Waals surface area (Å²) in [6.45, 7) is 1.98. The zero-order chi connectivity index (χ0) is 16.1. The molecule has 0 radical (unpaired) electrons. The summed E-state index contributed by atoms with van der Waals surface area (Å²) in [5, 5.41) is 10.2. The molecule has 1 atom stereocenters. The van der Waals surface area contributed by atoms with Crippen molar-refractivity contribution in [2.24, 2.45) is 0 Å². The van der Waals surface area contributed by atoms with Crippen molar-refractivity contribution in [2.75, 3.05) is 0 Å². The second-order valence-corrected chi connectivity index (χ2v) is 6.31. The molecule has 1 aliphatic rings. The molecule has 122 valence electrons. The van der Waals surface area contributed by atoms with E-state index in [2.05, 4.69) is 25.5 Å². The van der Waals surface area contributed by atoms with Crippen molar-refractivity contribution in [1.29, 1.82) is 0 Å². The highest BCUT2D eigenvalue weighted by Crippen LogP contribution is 2.33. The van der Waals surface area contributed by atoms with Gasteiger partial charge in [-0.25, -0.2) is 0 Å². The van der Waals surface area contributed by atoms with Crippen LogP contribution in [0.2, 0.25) is 0 Å². The Bertz CT molecular complexity index is 633. The van der Waals surface area contributed by atoms with Crippen LogP contribution in [0.5, 0.6) is 0 Å². The van der Waals surface area contributed by atoms with Crippen LogP contribution < -0.4 is 5.32 Å². The molecule has 2 heterocycles. The normalized spacial score (nSPS) is 16.9. The summed E-state index contributed by atoms with van der Waals surface area (Å²) in [5.74, 6) is 0.373. The van der Waals surface area contributed by atoms with Crippen LogP contribution in [0, 0.1) is 0 Å². The van der Waals surface area contributed by atoms with Gasteiger partial charge in [-0.05, 0) is 19.8 Å². The predicted molar refractivity (Wildman–Crippen MR) is 87.1 cm³/mol. The largest absolute Gasteiger partial charge is 0.349 e. The third kappa shape index (κ3) is 3.94. The van der Waals surface area contributed by atoms with Gasteiger partial charge in [-0.15, -0.1) is 0 Å². The molecule has 1 saturated carbocycles. The highest BCUT2D eigenvalue weighted by molar-refractivity contribution is 5.95. The van der Waals surface area contributed by atoms with Gasteiger partial charge in [-0.2, -0.15) is 5.10 Å². The SMILES string of the molecule is CC(Cc1cnccn1)NC(=O)c1cn[nH]c1C1CCCCC1. The first-order valence-corrected chi connectivity index (χ1v) is 8.33. The van der Waals surface area contributed by atoms with Gasteiger partial charge in [-0.3, -0.25) is 19.9 Å². The molecule has 2 aromatic heterocycles. The first-order valence-electron chi connectivity index (χ1n) is 8.33. The van der Waals surface area contributed by atoms with Crippen LogP contribution in [0.25, 0.3) is 0 Å². The number of nitrogens with zero attached hydrogens (tertiary/aromatic N) is 3. The van der Waals surface area contributed by atoms with Gasteiger partial charge in [0.15, 0.2) is 0 Å². The molecule has 0 spiro atoms. The van der Waals surface area contributed by atoms with Crippen molar-refractivity contribution in [3.05, 3.63) is 41.7 Å². The molecule has 2 N–H and O–H groups in total. The van der Waals surface area contributed by atoms with E-state index in [1.807, 2.05) is 6.92 Å². The van der Waals surface area contributed by atoms with Crippen molar-refractivity contribution in [1.82, 2.24) is 25.5 Å². The predicted octanol–water partition coefficient (Wildman–Crippen LogP) is 2.61. The van der Waals surface area contributed by atoms with Gasteiger partial charge in [0.2, 0.25) is 0 Å². The summed E-state index contributed by atoms with van der Waals surface area (Å²) < 4.78 is 0. The van der Waals surface area contributed by atoms with Crippen molar-refractivity contribution < 1.29 is 4.79 Å². The molecule has 0 bridgehead atoms. The molecule has 0 aliphatic heterocycles. The van der Waals surface area contributed by atoms with Crippen LogP contribution in [0.3, 0.4) is 0 Å². The first-order chi connectivity index (χ1) is 11.2. The Morgan fingerprint density at radius 2 is 2.13 bits per heavy atom. The third-order valence-corrected chi connectivity index (χ3v) is 4.44. The minimum atomic E-state index is -0.0595. The van der Waals surface area contributed by atoms with Gasteiger partial charge in [0.05, 0.1) is 23.1 Å². The minimum Gasteiger partial charge on any atom is -0.349 e. The van der Waals surface area contributed by atoms with E-state index in [0.717, 1.165) is 24.2 Å². The van der Waals surface area contributed by atoms with Crippen molar-refractivity contribution in [3.8, 4) is 0 Å². The van der Waals surface area contributed by atoms with Gasteiger partial charge >= 0.3 is 0 Å².